The second-order valence-corrected chi connectivity index (χ2v) is 7.76. The van der Waals surface area contributed by atoms with Crippen LogP contribution in [0.3, 0.4) is 0 Å². The van der Waals surface area contributed by atoms with Gasteiger partial charge in [0.25, 0.3) is 5.91 Å². The molecule has 0 spiro atoms. The molecule has 2 aromatic carbocycles. The van der Waals surface area contributed by atoms with E-state index in [-0.39, 0.29) is 5.91 Å². The monoisotopic (exact) mass is 359 g/mol. The summed E-state index contributed by atoms with van der Waals surface area (Å²) in [6.07, 6.45) is 3.55. The van der Waals surface area contributed by atoms with Crippen LogP contribution in [0.15, 0.2) is 54.6 Å². The van der Waals surface area contributed by atoms with Crippen LogP contribution in [0.25, 0.3) is 10.9 Å². The Morgan fingerprint density at radius 1 is 0.926 bits per heavy atom. The number of aromatic amines is 1. The Bertz CT molecular complexity index is 935. The van der Waals surface area contributed by atoms with Crippen molar-refractivity contribution < 1.29 is 4.79 Å². The molecule has 3 aromatic rings. The summed E-state index contributed by atoms with van der Waals surface area (Å²) >= 11 is 0. The van der Waals surface area contributed by atoms with Gasteiger partial charge in [0.2, 0.25) is 0 Å². The van der Waals surface area contributed by atoms with Crippen LogP contribution in [-0.4, -0.2) is 52.9 Å². The third-order valence-corrected chi connectivity index (χ3v) is 6.20. The van der Waals surface area contributed by atoms with Gasteiger partial charge in [-0.15, -0.1) is 0 Å². The number of hydrogen-bond acceptors (Lipinski definition) is 2. The van der Waals surface area contributed by atoms with Crippen LogP contribution < -0.4 is 0 Å². The highest BCUT2D eigenvalue weighted by Gasteiger charge is 2.29. The van der Waals surface area contributed by atoms with Gasteiger partial charge in [-0.05, 0) is 42.5 Å². The Morgan fingerprint density at radius 3 is 2.48 bits per heavy atom. The van der Waals surface area contributed by atoms with Gasteiger partial charge >= 0.3 is 0 Å². The van der Waals surface area contributed by atoms with E-state index in [1.54, 1.807) is 0 Å². The lowest BCUT2D eigenvalue weighted by Crippen LogP contribution is -2.53. The maximum atomic E-state index is 12.9. The third kappa shape index (κ3) is 3.15. The van der Waals surface area contributed by atoms with Gasteiger partial charge in [-0.2, -0.15) is 0 Å². The molecule has 4 nitrogen and oxygen atoms in total. The first kappa shape index (κ1) is 16.6. The zero-order chi connectivity index (χ0) is 18.2. The van der Waals surface area contributed by atoms with E-state index in [9.17, 15) is 4.79 Å². The summed E-state index contributed by atoms with van der Waals surface area (Å²) in [5, 5.41) is 1.10. The average Bonchev–Trinajstić information content (AvgIpc) is 3.17. The molecule has 138 valence electrons. The standard InChI is InChI=1S/C23H25N3O/c27-23(22-16-19-7-3-4-8-21(19)24-22)26-13-11-25(12-14-26)20-10-9-17-5-1-2-6-18(17)15-20/h1-8,16,20,24H,9-15H2. The number of amides is 1. The molecule has 1 N–H and O–H groups in total. The number of benzene rings is 2. The fourth-order valence-corrected chi connectivity index (χ4v) is 4.64. The number of carbonyl (C=O) groups excluding carboxylic acids is 1. The number of rotatable bonds is 2. The van der Waals surface area contributed by atoms with Crippen molar-refractivity contribution in [1.29, 1.82) is 0 Å². The Hall–Kier alpha value is -2.59. The number of carbonyl (C=O) groups is 1. The molecule has 1 aliphatic heterocycles. The number of aryl methyl sites for hydroxylation is 1. The number of aromatic nitrogens is 1. The lowest BCUT2D eigenvalue weighted by atomic mass is 9.87. The van der Waals surface area contributed by atoms with Gasteiger partial charge in [0.1, 0.15) is 5.69 Å². The molecule has 2 heterocycles. The molecule has 5 rings (SSSR count). The van der Waals surface area contributed by atoms with E-state index in [2.05, 4.69) is 34.1 Å². The summed E-state index contributed by atoms with van der Waals surface area (Å²) in [7, 11) is 0. The highest BCUT2D eigenvalue weighted by atomic mass is 16.2. The van der Waals surface area contributed by atoms with E-state index in [4.69, 9.17) is 0 Å². The minimum absolute atomic E-state index is 0.125. The van der Waals surface area contributed by atoms with Crippen molar-refractivity contribution in [1.82, 2.24) is 14.8 Å². The molecule has 27 heavy (non-hydrogen) atoms. The summed E-state index contributed by atoms with van der Waals surface area (Å²) in [5.74, 6) is 0.125. The normalized spacial score (nSPS) is 20.6. The smallest absolute Gasteiger partial charge is 0.270 e. The Kier molecular flexibility index (Phi) is 4.21. The third-order valence-electron chi connectivity index (χ3n) is 6.20. The number of fused-ring (bicyclic) bond motifs is 2. The topological polar surface area (TPSA) is 39.3 Å². The average molecular weight is 359 g/mol. The van der Waals surface area contributed by atoms with E-state index in [1.165, 1.54) is 24.0 Å². The number of hydrogen-bond donors (Lipinski definition) is 1. The molecule has 1 saturated heterocycles. The predicted molar refractivity (Wildman–Crippen MR) is 108 cm³/mol. The Balaban J connectivity index is 1.23. The summed E-state index contributed by atoms with van der Waals surface area (Å²) in [5.41, 5.74) is 4.75. The minimum atomic E-state index is 0.125. The molecule has 1 aliphatic carbocycles. The molecule has 1 aromatic heterocycles. The number of para-hydroxylation sites is 1. The quantitative estimate of drug-likeness (QED) is 0.761. The fraction of sp³-hybridized carbons (Fsp3) is 0.348. The largest absolute Gasteiger partial charge is 0.351 e. The van der Waals surface area contributed by atoms with Gasteiger partial charge < -0.3 is 9.88 Å². The molecule has 2 aliphatic rings. The maximum absolute atomic E-state index is 12.9. The molecule has 1 fully saturated rings. The van der Waals surface area contributed by atoms with E-state index in [0.29, 0.717) is 11.7 Å². The van der Waals surface area contributed by atoms with Crippen molar-refractivity contribution in [2.75, 3.05) is 26.2 Å². The lowest BCUT2D eigenvalue weighted by molar-refractivity contribution is 0.0548. The van der Waals surface area contributed by atoms with Crippen LogP contribution in [0, 0.1) is 0 Å². The first-order valence-corrected chi connectivity index (χ1v) is 9.96. The summed E-state index contributed by atoms with van der Waals surface area (Å²) in [4.78, 5) is 20.8. The summed E-state index contributed by atoms with van der Waals surface area (Å²) < 4.78 is 0. The Labute approximate surface area is 159 Å². The van der Waals surface area contributed by atoms with Crippen molar-refractivity contribution in [2.45, 2.75) is 25.3 Å². The van der Waals surface area contributed by atoms with Crippen molar-refractivity contribution in [3.63, 3.8) is 0 Å². The maximum Gasteiger partial charge on any atom is 0.270 e. The lowest BCUT2D eigenvalue weighted by Gasteiger charge is -2.41. The van der Waals surface area contributed by atoms with Gasteiger partial charge in [0, 0.05) is 43.1 Å². The molecule has 0 saturated carbocycles. The van der Waals surface area contributed by atoms with Crippen LogP contribution in [-0.2, 0) is 12.8 Å². The summed E-state index contributed by atoms with van der Waals surface area (Å²) in [6, 6.07) is 19.5. The SMILES string of the molecule is O=C(c1cc2ccccc2[nH]1)N1CCN(C2CCc3ccccc3C2)CC1. The predicted octanol–water partition coefficient (Wildman–Crippen LogP) is 3.48. The van der Waals surface area contributed by atoms with E-state index in [0.717, 1.165) is 43.5 Å². The molecular weight excluding hydrogens is 334 g/mol. The highest BCUT2D eigenvalue weighted by molar-refractivity contribution is 5.98. The van der Waals surface area contributed by atoms with Crippen molar-refractivity contribution in [3.05, 3.63) is 71.4 Å². The van der Waals surface area contributed by atoms with Crippen LogP contribution in [0.1, 0.15) is 28.0 Å². The number of nitrogens with one attached hydrogen (secondary N) is 1. The van der Waals surface area contributed by atoms with Crippen LogP contribution in [0.2, 0.25) is 0 Å². The van der Waals surface area contributed by atoms with E-state index >= 15 is 0 Å². The van der Waals surface area contributed by atoms with Crippen LogP contribution >= 0.6 is 0 Å². The Morgan fingerprint density at radius 2 is 1.67 bits per heavy atom. The van der Waals surface area contributed by atoms with Crippen LogP contribution in [0.4, 0.5) is 0 Å². The second kappa shape index (κ2) is 6.86. The van der Waals surface area contributed by atoms with Gasteiger partial charge in [-0.1, -0.05) is 42.5 Å². The van der Waals surface area contributed by atoms with Gasteiger partial charge in [-0.3, -0.25) is 9.69 Å². The minimum Gasteiger partial charge on any atom is -0.351 e. The van der Waals surface area contributed by atoms with Gasteiger partial charge in [0.15, 0.2) is 0 Å². The molecule has 1 unspecified atom stereocenters. The fourth-order valence-electron chi connectivity index (χ4n) is 4.64. The highest BCUT2D eigenvalue weighted by Crippen LogP contribution is 2.25. The zero-order valence-electron chi connectivity index (χ0n) is 15.5. The van der Waals surface area contributed by atoms with Crippen molar-refractivity contribution in [2.24, 2.45) is 0 Å². The number of H-pyrrole nitrogens is 1. The first-order valence-electron chi connectivity index (χ1n) is 9.96. The van der Waals surface area contributed by atoms with Gasteiger partial charge in [0.05, 0.1) is 0 Å². The number of nitrogens with zero attached hydrogens (tertiary/aromatic N) is 2. The first-order chi connectivity index (χ1) is 13.3. The molecule has 0 radical (unpaired) electrons. The second-order valence-electron chi connectivity index (χ2n) is 7.76. The molecule has 4 heteroatoms. The number of piperazine rings is 1. The van der Waals surface area contributed by atoms with E-state index in [1.807, 2.05) is 35.2 Å². The van der Waals surface area contributed by atoms with Gasteiger partial charge in [-0.25, -0.2) is 0 Å². The van der Waals surface area contributed by atoms with Crippen molar-refractivity contribution in [3.8, 4) is 0 Å². The molecule has 0 bridgehead atoms. The van der Waals surface area contributed by atoms with E-state index < -0.39 is 0 Å². The van der Waals surface area contributed by atoms with Crippen LogP contribution in [0.5, 0.6) is 0 Å². The molecule has 1 amide bonds. The van der Waals surface area contributed by atoms with Crippen molar-refractivity contribution >= 4 is 16.8 Å². The zero-order valence-corrected chi connectivity index (χ0v) is 15.5. The summed E-state index contributed by atoms with van der Waals surface area (Å²) in [6.45, 7) is 3.57. The molecular formula is C23H25N3O. The molecule has 1 atom stereocenters.